The zero-order chi connectivity index (χ0) is 17.6. The summed E-state index contributed by atoms with van der Waals surface area (Å²) in [6.07, 6.45) is 3.49. The second kappa shape index (κ2) is 7.76. The van der Waals surface area contributed by atoms with Gasteiger partial charge in [0.15, 0.2) is 0 Å². The Balaban J connectivity index is 1.68. The predicted molar refractivity (Wildman–Crippen MR) is 96.1 cm³/mol. The molecule has 0 fully saturated rings. The molecule has 7 heteroatoms. The molecule has 0 saturated carbocycles. The molecule has 25 heavy (non-hydrogen) atoms. The number of ether oxygens (including phenoxy) is 2. The molecule has 0 atom stereocenters. The van der Waals surface area contributed by atoms with E-state index in [1.165, 1.54) is 11.3 Å². The minimum Gasteiger partial charge on any atom is -0.497 e. The molecule has 0 aliphatic rings. The van der Waals surface area contributed by atoms with Crippen LogP contribution in [-0.4, -0.2) is 30.1 Å². The molecule has 2 heterocycles. The maximum atomic E-state index is 12.4. The van der Waals surface area contributed by atoms with Gasteiger partial charge in [0.2, 0.25) is 0 Å². The van der Waals surface area contributed by atoms with Crippen LogP contribution in [0.4, 0.5) is 0 Å². The Bertz CT molecular complexity index is 843. The SMILES string of the molecule is COc1cc(OC)cc(C(=O)NCc2nc(-c3cccnc3)cs2)c1. The van der Waals surface area contributed by atoms with Crippen LogP contribution in [0.5, 0.6) is 11.5 Å². The predicted octanol–water partition coefficient (Wildman–Crippen LogP) is 3.15. The molecule has 0 spiro atoms. The molecule has 0 radical (unpaired) electrons. The molecule has 1 N–H and O–H groups in total. The van der Waals surface area contributed by atoms with Gasteiger partial charge in [0.25, 0.3) is 5.91 Å². The van der Waals surface area contributed by atoms with Crippen LogP contribution in [0.25, 0.3) is 11.3 Å². The fraction of sp³-hybridized carbons (Fsp3) is 0.167. The first-order valence-corrected chi connectivity index (χ1v) is 8.43. The van der Waals surface area contributed by atoms with E-state index in [0.29, 0.717) is 23.6 Å². The number of thiazole rings is 1. The number of hydrogen-bond acceptors (Lipinski definition) is 6. The molecule has 1 amide bonds. The van der Waals surface area contributed by atoms with E-state index in [2.05, 4.69) is 15.3 Å². The number of pyridine rings is 1. The first-order valence-electron chi connectivity index (χ1n) is 7.55. The molecule has 0 unspecified atom stereocenters. The fourth-order valence-electron chi connectivity index (χ4n) is 2.24. The molecule has 6 nitrogen and oxygen atoms in total. The van der Waals surface area contributed by atoms with Gasteiger partial charge in [-0.05, 0) is 24.3 Å². The lowest BCUT2D eigenvalue weighted by Crippen LogP contribution is -2.22. The minimum atomic E-state index is -0.213. The summed E-state index contributed by atoms with van der Waals surface area (Å²) in [5.74, 6) is 0.922. The smallest absolute Gasteiger partial charge is 0.251 e. The lowest BCUT2D eigenvalue weighted by atomic mass is 10.2. The average Bonchev–Trinajstić information content (AvgIpc) is 3.15. The second-order valence-electron chi connectivity index (χ2n) is 5.15. The summed E-state index contributed by atoms with van der Waals surface area (Å²) in [5, 5.41) is 5.64. The molecular weight excluding hydrogens is 338 g/mol. The van der Waals surface area contributed by atoms with Crippen LogP contribution in [0, 0.1) is 0 Å². The Morgan fingerprint density at radius 2 is 1.96 bits per heavy atom. The zero-order valence-electron chi connectivity index (χ0n) is 13.9. The summed E-state index contributed by atoms with van der Waals surface area (Å²) in [6, 6.07) is 8.87. The molecule has 0 aliphatic carbocycles. The van der Waals surface area contributed by atoms with Crippen LogP contribution >= 0.6 is 11.3 Å². The molecule has 3 aromatic rings. The lowest BCUT2D eigenvalue weighted by molar-refractivity contribution is 0.0950. The van der Waals surface area contributed by atoms with Crippen LogP contribution in [0.2, 0.25) is 0 Å². The third-order valence-electron chi connectivity index (χ3n) is 3.52. The van der Waals surface area contributed by atoms with Crippen LogP contribution in [0.1, 0.15) is 15.4 Å². The van der Waals surface area contributed by atoms with Crippen LogP contribution in [0.3, 0.4) is 0 Å². The normalized spacial score (nSPS) is 10.3. The number of nitrogens with zero attached hydrogens (tertiary/aromatic N) is 2. The van der Waals surface area contributed by atoms with E-state index in [0.717, 1.165) is 16.3 Å². The van der Waals surface area contributed by atoms with Crippen molar-refractivity contribution >= 4 is 17.2 Å². The molecule has 2 aromatic heterocycles. The maximum Gasteiger partial charge on any atom is 0.251 e. The quantitative estimate of drug-likeness (QED) is 0.735. The molecule has 0 bridgehead atoms. The van der Waals surface area contributed by atoms with E-state index < -0.39 is 0 Å². The van der Waals surface area contributed by atoms with Gasteiger partial charge in [0, 0.05) is 35.0 Å². The molecule has 1 aromatic carbocycles. The van der Waals surface area contributed by atoms with Gasteiger partial charge < -0.3 is 14.8 Å². The summed E-state index contributed by atoms with van der Waals surface area (Å²) in [6.45, 7) is 0.350. The van der Waals surface area contributed by atoms with Gasteiger partial charge in [-0.3, -0.25) is 9.78 Å². The first kappa shape index (κ1) is 16.9. The summed E-state index contributed by atoms with van der Waals surface area (Å²) >= 11 is 1.49. The van der Waals surface area contributed by atoms with Crippen molar-refractivity contribution in [2.24, 2.45) is 0 Å². The third kappa shape index (κ3) is 4.13. The van der Waals surface area contributed by atoms with Crippen molar-refractivity contribution in [2.45, 2.75) is 6.54 Å². The number of benzene rings is 1. The number of rotatable bonds is 6. The van der Waals surface area contributed by atoms with Gasteiger partial charge in [0.1, 0.15) is 16.5 Å². The Labute approximate surface area is 149 Å². The summed E-state index contributed by atoms with van der Waals surface area (Å²) in [4.78, 5) is 21.0. The van der Waals surface area contributed by atoms with Crippen LogP contribution in [0.15, 0.2) is 48.1 Å². The van der Waals surface area contributed by atoms with E-state index in [1.54, 1.807) is 44.8 Å². The van der Waals surface area contributed by atoms with Crippen molar-refractivity contribution in [3.63, 3.8) is 0 Å². The Morgan fingerprint density at radius 3 is 2.60 bits per heavy atom. The highest BCUT2D eigenvalue weighted by Crippen LogP contribution is 2.23. The van der Waals surface area contributed by atoms with Gasteiger partial charge in [-0.15, -0.1) is 11.3 Å². The second-order valence-corrected chi connectivity index (χ2v) is 6.09. The monoisotopic (exact) mass is 355 g/mol. The van der Waals surface area contributed by atoms with E-state index in [-0.39, 0.29) is 5.91 Å². The molecule has 0 saturated heterocycles. The Hall–Kier alpha value is -2.93. The highest BCUT2D eigenvalue weighted by Gasteiger charge is 2.11. The largest absolute Gasteiger partial charge is 0.497 e. The zero-order valence-corrected chi connectivity index (χ0v) is 14.7. The van der Waals surface area contributed by atoms with E-state index >= 15 is 0 Å². The first-order chi connectivity index (χ1) is 12.2. The summed E-state index contributed by atoms with van der Waals surface area (Å²) in [5.41, 5.74) is 2.28. The van der Waals surface area contributed by atoms with E-state index in [4.69, 9.17) is 9.47 Å². The highest BCUT2D eigenvalue weighted by atomic mass is 32.1. The number of carbonyl (C=O) groups is 1. The number of methoxy groups -OCH3 is 2. The summed E-state index contributed by atoms with van der Waals surface area (Å²) in [7, 11) is 3.10. The Kier molecular flexibility index (Phi) is 5.25. The van der Waals surface area contributed by atoms with Crippen molar-refractivity contribution < 1.29 is 14.3 Å². The number of hydrogen-bond donors (Lipinski definition) is 1. The molecule has 3 rings (SSSR count). The van der Waals surface area contributed by atoms with Gasteiger partial charge >= 0.3 is 0 Å². The minimum absolute atomic E-state index is 0.213. The highest BCUT2D eigenvalue weighted by molar-refractivity contribution is 7.09. The Morgan fingerprint density at radius 1 is 1.20 bits per heavy atom. The fourth-order valence-corrected chi connectivity index (χ4v) is 2.98. The molecule has 128 valence electrons. The lowest BCUT2D eigenvalue weighted by Gasteiger charge is -2.08. The van der Waals surface area contributed by atoms with Gasteiger partial charge in [-0.1, -0.05) is 0 Å². The van der Waals surface area contributed by atoms with Crippen LogP contribution in [-0.2, 0) is 6.54 Å². The van der Waals surface area contributed by atoms with Gasteiger partial charge in [-0.25, -0.2) is 4.98 Å². The number of carbonyl (C=O) groups excluding carboxylic acids is 1. The van der Waals surface area contributed by atoms with E-state index in [1.807, 2.05) is 17.5 Å². The van der Waals surface area contributed by atoms with Crippen molar-refractivity contribution in [3.05, 3.63) is 58.7 Å². The number of amides is 1. The summed E-state index contributed by atoms with van der Waals surface area (Å²) < 4.78 is 10.4. The topological polar surface area (TPSA) is 73.3 Å². The number of nitrogens with one attached hydrogen (secondary N) is 1. The van der Waals surface area contributed by atoms with Crippen molar-refractivity contribution in [1.29, 1.82) is 0 Å². The number of aromatic nitrogens is 2. The average molecular weight is 355 g/mol. The van der Waals surface area contributed by atoms with Gasteiger partial charge in [-0.2, -0.15) is 0 Å². The van der Waals surface area contributed by atoms with Crippen molar-refractivity contribution in [1.82, 2.24) is 15.3 Å². The van der Waals surface area contributed by atoms with Crippen LogP contribution < -0.4 is 14.8 Å². The van der Waals surface area contributed by atoms with Gasteiger partial charge in [0.05, 0.1) is 26.5 Å². The standard InChI is InChI=1S/C18H17N3O3S/c1-23-14-6-13(7-15(8-14)24-2)18(22)20-10-17-21-16(11-25-17)12-4-3-5-19-9-12/h3-9,11H,10H2,1-2H3,(H,20,22). The van der Waals surface area contributed by atoms with E-state index in [9.17, 15) is 4.79 Å². The van der Waals surface area contributed by atoms with Crippen molar-refractivity contribution in [3.8, 4) is 22.8 Å². The maximum absolute atomic E-state index is 12.4. The third-order valence-corrected chi connectivity index (χ3v) is 4.37. The van der Waals surface area contributed by atoms with Crippen molar-refractivity contribution in [2.75, 3.05) is 14.2 Å². The molecular formula is C18H17N3O3S. The molecule has 0 aliphatic heterocycles.